The van der Waals surface area contributed by atoms with Gasteiger partial charge in [0, 0.05) is 17.9 Å². The Morgan fingerprint density at radius 1 is 1.09 bits per heavy atom. The Bertz CT molecular complexity index is 1370. The molecule has 0 radical (unpaired) electrons. The number of carbonyl (C=O) groups is 1. The molecule has 1 amide bonds. The zero-order valence-electron chi connectivity index (χ0n) is 18.9. The predicted molar refractivity (Wildman–Crippen MR) is 140 cm³/mol. The van der Waals surface area contributed by atoms with Gasteiger partial charge < -0.3 is 16.4 Å². The molecule has 2 aromatic heterocycles. The Morgan fingerprint density at radius 2 is 1.83 bits per heavy atom. The van der Waals surface area contributed by atoms with Crippen LogP contribution in [0.2, 0.25) is 5.02 Å². The van der Waals surface area contributed by atoms with Crippen LogP contribution in [0, 0.1) is 5.82 Å². The van der Waals surface area contributed by atoms with E-state index < -0.39 is 5.82 Å². The summed E-state index contributed by atoms with van der Waals surface area (Å²) in [5.41, 5.74) is 9.10. The lowest BCUT2D eigenvalue weighted by Gasteiger charge is -2.26. The first-order chi connectivity index (χ1) is 17.0. The number of piperidine rings is 1. The van der Waals surface area contributed by atoms with E-state index >= 15 is 0 Å². The maximum Gasteiger partial charge on any atom is 0.267 e. The third kappa shape index (κ3) is 5.22. The number of hydrogen-bond acceptors (Lipinski definition) is 7. The van der Waals surface area contributed by atoms with Gasteiger partial charge in [0.05, 0.1) is 16.1 Å². The van der Waals surface area contributed by atoms with Gasteiger partial charge in [-0.25, -0.2) is 14.4 Å². The molecule has 0 atom stereocenters. The fraction of sp³-hybridized carbons (Fsp3) is 0.240. The van der Waals surface area contributed by atoms with Crippen LogP contribution in [0.3, 0.4) is 0 Å². The van der Waals surface area contributed by atoms with Crippen molar-refractivity contribution >= 4 is 61.9 Å². The number of carbonyl (C=O) groups excluding carboxylic acids is 1. The molecule has 0 unspecified atom stereocenters. The number of aromatic nitrogens is 2. The fourth-order valence-corrected chi connectivity index (χ4v) is 5.32. The molecular formula is C25H24ClFN6OS. The highest BCUT2D eigenvalue weighted by molar-refractivity contribution is 7.21. The van der Waals surface area contributed by atoms with E-state index in [1.165, 1.54) is 54.6 Å². The minimum atomic E-state index is -0.515. The smallest absolute Gasteiger partial charge is 0.267 e. The molecule has 0 saturated carbocycles. The number of nitrogens with one attached hydrogen (secondary N) is 2. The number of halogens is 2. The van der Waals surface area contributed by atoms with Gasteiger partial charge in [0.25, 0.3) is 5.91 Å². The number of thiophene rings is 1. The summed E-state index contributed by atoms with van der Waals surface area (Å²) in [5, 5.41) is 6.52. The third-order valence-corrected chi connectivity index (χ3v) is 7.38. The summed E-state index contributed by atoms with van der Waals surface area (Å²) in [4.78, 5) is 24.9. The van der Waals surface area contributed by atoms with E-state index in [4.69, 9.17) is 17.3 Å². The van der Waals surface area contributed by atoms with Crippen molar-refractivity contribution in [3.8, 4) is 0 Å². The van der Waals surface area contributed by atoms with E-state index in [1.807, 2.05) is 24.3 Å². The molecule has 10 heteroatoms. The van der Waals surface area contributed by atoms with Crippen LogP contribution >= 0.6 is 22.9 Å². The highest BCUT2D eigenvalue weighted by atomic mass is 35.5. The van der Waals surface area contributed by atoms with Crippen LogP contribution in [-0.2, 0) is 6.54 Å². The van der Waals surface area contributed by atoms with Gasteiger partial charge in [0.2, 0.25) is 0 Å². The second-order valence-corrected chi connectivity index (χ2v) is 9.90. The summed E-state index contributed by atoms with van der Waals surface area (Å²) < 4.78 is 13.5. The molecule has 4 aromatic rings. The molecular weight excluding hydrogens is 487 g/mol. The van der Waals surface area contributed by atoms with Crippen LogP contribution in [0.15, 0.2) is 48.8 Å². The first-order valence-corrected chi connectivity index (χ1v) is 12.5. The van der Waals surface area contributed by atoms with E-state index in [0.717, 1.165) is 19.6 Å². The predicted octanol–water partition coefficient (Wildman–Crippen LogP) is 6.05. The molecule has 4 N–H and O–H groups in total. The van der Waals surface area contributed by atoms with Gasteiger partial charge in [-0.2, -0.15) is 0 Å². The highest BCUT2D eigenvalue weighted by Crippen LogP contribution is 2.37. The van der Waals surface area contributed by atoms with Gasteiger partial charge >= 0.3 is 0 Å². The van der Waals surface area contributed by atoms with E-state index in [9.17, 15) is 9.18 Å². The second-order valence-electron chi connectivity index (χ2n) is 8.49. The van der Waals surface area contributed by atoms with E-state index in [-0.39, 0.29) is 16.6 Å². The number of hydrogen-bond donors (Lipinski definition) is 3. The van der Waals surface area contributed by atoms with Crippen LogP contribution in [0.5, 0.6) is 0 Å². The minimum Gasteiger partial charge on any atom is -0.397 e. The van der Waals surface area contributed by atoms with E-state index in [0.29, 0.717) is 32.3 Å². The van der Waals surface area contributed by atoms with Gasteiger partial charge in [-0.15, -0.1) is 11.3 Å². The minimum absolute atomic E-state index is 0.0133. The molecule has 1 saturated heterocycles. The average molecular weight is 511 g/mol. The van der Waals surface area contributed by atoms with Crippen molar-refractivity contribution in [1.29, 1.82) is 0 Å². The molecule has 0 aliphatic carbocycles. The Labute approximate surface area is 211 Å². The number of benzene rings is 2. The first-order valence-electron chi connectivity index (χ1n) is 11.4. The molecule has 1 aliphatic heterocycles. The molecule has 0 spiro atoms. The lowest BCUT2D eigenvalue weighted by molar-refractivity contribution is 0.103. The Hall–Kier alpha value is -3.27. The maximum absolute atomic E-state index is 13.5. The van der Waals surface area contributed by atoms with Gasteiger partial charge in [-0.3, -0.25) is 9.69 Å². The van der Waals surface area contributed by atoms with Crippen molar-refractivity contribution in [2.75, 3.05) is 29.5 Å². The molecule has 2 aromatic carbocycles. The summed E-state index contributed by atoms with van der Waals surface area (Å²) in [6.07, 6.45) is 5.20. The van der Waals surface area contributed by atoms with E-state index in [2.05, 4.69) is 25.5 Å². The summed E-state index contributed by atoms with van der Waals surface area (Å²) in [7, 11) is 0. The van der Waals surface area contributed by atoms with Gasteiger partial charge in [-0.1, -0.05) is 30.2 Å². The number of nitrogen functional groups attached to an aromatic ring is 1. The maximum atomic E-state index is 13.5. The van der Waals surface area contributed by atoms with Crippen molar-refractivity contribution in [2.24, 2.45) is 0 Å². The molecule has 1 aliphatic rings. The molecule has 0 bridgehead atoms. The SMILES string of the molecule is Nc1c(C(=O)Nc2ccc(CN3CCCCC3)cc2)sc2ncnc(Nc3ccc(F)c(Cl)c3)c12. The number of nitrogens with zero attached hydrogens (tertiary/aromatic N) is 3. The Balaban J connectivity index is 1.33. The molecule has 5 rings (SSSR count). The number of nitrogens with two attached hydrogens (primary N) is 1. The highest BCUT2D eigenvalue weighted by Gasteiger charge is 2.21. The number of likely N-dealkylation sites (tertiary alicyclic amines) is 1. The van der Waals surface area contributed by atoms with Crippen molar-refractivity contribution < 1.29 is 9.18 Å². The van der Waals surface area contributed by atoms with Crippen LogP contribution in [0.25, 0.3) is 10.2 Å². The number of fused-ring (bicyclic) bond motifs is 1. The summed E-state index contributed by atoms with van der Waals surface area (Å²) >= 11 is 7.07. The zero-order valence-corrected chi connectivity index (χ0v) is 20.4. The Kier molecular flexibility index (Phi) is 6.81. The fourth-order valence-electron chi connectivity index (χ4n) is 4.19. The number of rotatable bonds is 6. The molecule has 3 heterocycles. The quantitative estimate of drug-likeness (QED) is 0.292. The van der Waals surface area contributed by atoms with Crippen LogP contribution < -0.4 is 16.4 Å². The van der Waals surface area contributed by atoms with Crippen LogP contribution in [-0.4, -0.2) is 33.9 Å². The van der Waals surface area contributed by atoms with Crippen LogP contribution in [0.4, 0.5) is 27.3 Å². The average Bonchev–Trinajstić information content (AvgIpc) is 3.21. The molecule has 1 fully saturated rings. The summed E-state index contributed by atoms with van der Waals surface area (Å²) in [6, 6.07) is 12.2. The zero-order chi connectivity index (χ0) is 24.4. The van der Waals surface area contributed by atoms with Gasteiger partial charge in [0.15, 0.2) is 0 Å². The number of amides is 1. The Morgan fingerprint density at radius 3 is 2.57 bits per heavy atom. The lowest BCUT2D eigenvalue weighted by Crippen LogP contribution is -2.29. The van der Waals surface area contributed by atoms with Crippen molar-refractivity contribution in [3.63, 3.8) is 0 Å². The molecule has 35 heavy (non-hydrogen) atoms. The lowest BCUT2D eigenvalue weighted by atomic mass is 10.1. The monoisotopic (exact) mass is 510 g/mol. The van der Waals surface area contributed by atoms with Gasteiger partial charge in [-0.05, 0) is 61.8 Å². The van der Waals surface area contributed by atoms with E-state index in [1.54, 1.807) is 6.07 Å². The van der Waals surface area contributed by atoms with Crippen molar-refractivity contribution in [2.45, 2.75) is 25.8 Å². The van der Waals surface area contributed by atoms with Crippen molar-refractivity contribution in [3.05, 3.63) is 70.1 Å². The normalized spacial score (nSPS) is 14.2. The standard InChI is InChI=1S/C25H24ClFN6OS/c26-18-12-17(8-9-19(18)27)31-23-20-21(28)22(35-25(20)30-14-29-23)24(34)32-16-6-4-15(5-7-16)13-33-10-2-1-3-11-33/h4-9,12,14H,1-3,10-11,13,28H2,(H,32,34)(H,29,30,31). The summed E-state index contributed by atoms with van der Waals surface area (Å²) in [5.74, 6) is -0.420. The largest absolute Gasteiger partial charge is 0.397 e. The topological polar surface area (TPSA) is 96.2 Å². The molecule has 7 nitrogen and oxygen atoms in total. The molecule has 180 valence electrons. The summed E-state index contributed by atoms with van der Waals surface area (Å²) in [6.45, 7) is 3.19. The first kappa shape index (κ1) is 23.5. The van der Waals surface area contributed by atoms with Crippen molar-refractivity contribution in [1.82, 2.24) is 14.9 Å². The second kappa shape index (κ2) is 10.2. The van der Waals surface area contributed by atoms with Gasteiger partial charge in [0.1, 0.15) is 27.7 Å². The third-order valence-electron chi connectivity index (χ3n) is 5.98. The number of anilines is 4. The van der Waals surface area contributed by atoms with Crippen LogP contribution in [0.1, 0.15) is 34.5 Å².